The Bertz CT molecular complexity index is 892. The zero-order chi connectivity index (χ0) is 24.4. The number of para-hydroxylation sites is 1. The molecule has 1 aliphatic heterocycles. The molecule has 0 radical (unpaired) electrons. The van der Waals surface area contributed by atoms with Crippen LogP contribution in [0, 0.1) is 24.5 Å². The number of alkyl carbamates (subject to hydrolysis) is 1. The molecular weight excluding hydrogens is 448 g/mol. The molecule has 1 aliphatic rings. The van der Waals surface area contributed by atoms with Crippen LogP contribution >= 0.6 is 0 Å². The quantitative estimate of drug-likeness (QED) is 0.495. The third kappa shape index (κ3) is 9.47. The fourth-order valence-electron chi connectivity index (χ4n) is 3.06. The second-order valence-electron chi connectivity index (χ2n) is 8.29. The van der Waals surface area contributed by atoms with Crippen molar-refractivity contribution in [2.75, 3.05) is 23.6 Å². The van der Waals surface area contributed by atoms with Gasteiger partial charge in [0.15, 0.2) is 0 Å². The van der Waals surface area contributed by atoms with Gasteiger partial charge in [-0.2, -0.15) is 0 Å². The lowest BCUT2D eigenvalue weighted by Gasteiger charge is -2.26. The number of fused-ring (bicyclic) bond motifs is 1. The van der Waals surface area contributed by atoms with Crippen molar-refractivity contribution in [2.24, 2.45) is 5.92 Å². The van der Waals surface area contributed by atoms with E-state index in [4.69, 9.17) is 4.74 Å². The van der Waals surface area contributed by atoms with Crippen molar-refractivity contribution < 1.29 is 22.5 Å². The van der Waals surface area contributed by atoms with E-state index in [1.807, 2.05) is 45.0 Å². The lowest BCUT2D eigenvalue weighted by Crippen LogP contribution is -2.35. The zero-order valence-corrected chi connectivity index (χ0v) is 20.3. The Morgan fingerprint density at radius 3 is 2.45 bits per heavy atom. The molecule has 0 spiro atoms. The molecule has 0 saturated carbocycles. The van der Waals surface area contributed by atoms with Crippen LogP contribution in [0.25, 0.3) is 0 Å². The van der Waals surface area contributed by atoms with E-state index in [-0.39, 0.29) is 18.2 Å². The van der Waals surface area contributed by atoms with Crippen LogP contribution in [0.4, 0.5) is 19.3 Å². The van der Waals surface area contributed by atoms with Gasteiger partial charge in [-0.3, -0.25) is 0 Å². The Kier molecular flexibility index (Phi) is 10.7. The number of anilines is 1. The van der Waals surface area contributed by atoms with Gasteiger partial charge in [0, 0.05) is 18.7 Å². The number of carbonyl (C=O) groups excluding carboxylic acids is 1. The number of amides is 1. The van der Waals surface area contributed by atoms with Crippen LogP contribution in [0.2, 0.25) is 0 Å². The maximum atomic E-state index is 12.2. The maximum absolute atomic E-state index is 12.2. The summed E-state index contributed by atoms with van der Waals surface area (Å²) in [7, 11) is -1.06. The van der Waals surface area contributed by atoms with Crippen LogP contribution < -0.4 is 15.4 Å². The van der Waals surface area contributed by atoms with Gasteiger partial charge >= 0.3 is 6.09 Å². The van der Waals surface area contributed by atoms with Gasteiger partial charge in [0.05, 0.1) is 11.4 Å². The molecule has 182 valence electrons. The molecule has 0 saturated heterocycles. The van der Waals surface area contributed by atoms with Crippen molar-refractivity contribution >= 4 is 22.8 Å². The minimum Gasteiger partial charge on any atom is -0.446 e. The number of aryl methyl sites for hydroxylation is 1. The Balaban J connectivity index is 0.000000357. The summed E-state index contributed by atoms with van der Waals surface area (Å²) in [5.74, 6) is -0.198. The van der Waals surface area contributed by atoms with E-state index >= 15 is 0 Å². The minimum atomic E-state index is -1.06. The molecule has 3 N–H and O–H groups in total. The molecule has 9 heteroatoms. The van der Waals surface area contributed by atoms with Gasteiger partial charge in [0.2, 0.25) is 0 Å². The average Bonchev–Trinajstić information content (AvgIpc) is 2.72. The predicted octanol–water partition coefficient (Wildman–Crippen LogP) is 4.84. The summed E-state index contributed by atoms with van der Waals surface area (Å²) in [6.45, 7) is 8.85. The first-order chi connectivity index (χ1) is 15.7. The first-order valence-electron chi connectivity index (χ1n) is 11.0. The minimum absolute atomic E-state index is 0.0659. The molecule has 6 nitrogen and oxygen atoms in total. The molecule has 3 rings (SSSR count). The van der Waals surface area contributed by atoms with Gasteiger partial charge in [0.25, 0.3) is 0 Å². The summed E-state index contributed by atoms with van der Waals surface area (Å²) >= 11 is 0. The van der Waals surface area contributed by atoms with Crippen LogP contribution in [0.1, 0.15) is 44.4 Å². The van der Waals surface area contributed by atoms with Gasteiger partial charge in [-0.25, -0.2) is 17.8 Å². The number of halogens is 2. The van der Waals surface area contributed by atoms with Crippen molar-refractivity contribution in [1.82, 2.24) is 10.6 Å². The van der Waals surface area contributed by atoms with Crippen LogP contribution in [-0.4, -0.2) is 35.2 Å². The van der Waals surface area contributed by atoms with Crippen molar-refractivity contribution in [2.45, 2.75) is 46.3 Å². The summed E-state index contributed by atoms with van der Waals surface area (Å²) in [5.41, 5.74) is 2.66. The van der Waals surface area contributed by atoms with Crippen LogP contribution in [0.15, 0.2) is 42.5 Å². The predicted molar refractivity (Wildman–Crippen MR) is 128 cm³/mol. The van der Waals surface area contributed by atoms with E-state index in [9.17, 15) is 17.8 Å². The number of nitrogens with one attached hydrogen (secondary N) is 3. The molecule has 3 atom stereocenters. The number of benzene rings is 2. The second-order valence-corrected chi connectivity index (χ2v) is 9.52. The molecule has 2 aromatic carbocycles. The SMILES string of the molecule is CC(C)C(C)OC(=O)NCCCNC1CS(=O)Nc2ccccc21.Cc1cc(F)cc(F)c1. The Morgan fingerprint density at radius 1 is 1.15 bits per heavy atom. The van der Waals surface area contributed by atoms with Gasteiger partial charge in [-0.05, 0) is 62.1 Å². The first-order valence-corrected chi connectivity index (χ1v) is 12.3. The summed E-state index contributed by atoms with van der Waals surface area (Å²) in [5, 5.41) is 6.18. The maximum Gasteiger partial charge on any atom is 0.407 e. The highest BCUT2D eigenvalue weighted by Gasteiger charge is 2.23. The Labute approximate surface area is 197 Å². The lowest BCUT2D eigenvalue weighted by atomic mass is 10.1. The van der Waals surface area contributed by atoms with Crippen molar-refractivity contribution in [1.29, 1.82) is 0 Å². The van der Waals surface area contributed by atoms with E-state index in [0.717, 1.165) is 30.3 Å². The van der Waals surface area contributed by atoms with Gasteiger partial charge in [-0.1, -0.05) is 32.0 Å². The Morgan fingerprint density at radius 2 is 1.82 bits per heavy atom. The third-order valence-corrected chi connectivity index (χ3v) is 6.21. The van der Waals surface area contributed by atoms with Gasteiger partial charge < -0.3 is 20.1 Å². The molecule has 0 aliphatic carbocycles. The number of ether oxygens (including phenoxy) is 1. The molecule has 2 aromatic rings. The van der Waals surface area contributed by atoms with Crippen LogP contribution in [0.3, 0.4) is 0 Å². The topological polar surface area (TPSA) is 79.5 Å². The summed E-state index contributed by atoms with van der Waals surface area (Å²) in [4.78, 5) is 11.6. The number of rotatable bonds is 7. The third-order valence-electron chi connectivity index (χ3n) is 5.13. The first kappa shape index (κ1) is 26.7. The van der Waals surface area contributed by atoms with E-state index in [0.29, 0.717) is 23.8 Å². The fraction of sp³-hybridized carbons (Fsp3) is 0.458. The van der Waals surface area contributed by atoms with E-state index in [1.54, 1.807) is 6.92 Å². The van der Waals surface area contributed by atoms with Crippen LogP contribution in [0.5, 0.6) is 0 Å². The molecule has 0 bridgehead atoms. The number of hydrogen-bond donors (Lipinski definition) is 3. The smallest absolute Gasteiger partial charge is 0.407 e. The molecular formula is C24H33F2N3O3S. The fourth-order valence-corrected chi connectivity index (χ4v) is 4.18. The number of hydrogen-bond acceptors (Lipinski definition) is 4. The van der Waals surface area contributed by atoms with Gasteiger partial charge in [-0.15, -0.1) is 0 Å². The monoisotopic (exact) mass is 481 g/mol. The highest BCUT2D eigenvalue weighted by Crippen LogP contribution is 2.28. The highest BCUT2D eigenvalue weighted by atomic mass is 32.2. The lowest BCUT2D eigenvalue weighted by molar-refractivity contribution is 0.0822. The average molecular weight is 482 g/mol. The largest absolute Gasteiger partial charge is 0.446 e. The molecule has 1 heterocycles. The van der Waals surface area contributed by atoms with Crippen molar-refractivity contribution in [3.63, 3.8) is 0 Å². The van der Waals surface area contributed by atoms with Crippen molar-refractivity contribution in [3.05, 3.63) is 65.2 Å². The molecule has 0 fully saturated rings. The van der Waals surface area contributed by atoms with E-state index < -0.39 is 22.6 Å². The Hall–Kier alpha value is -2.52. The molecule has 33 heavy (non-hydrogen) atoms. The normalized spacial score (nSPS) is 17.8. The summed E-state index contributed by atoms with van der Waals surface area (Å²) in [6.07, 6.45) is 0.318. The molecule has 1 amide bonds. The summed E-state index contributed by atoms with van der Waals surface area (Å²) < 4.78 is 44.5. The van der Waals surface area contributed by atoms with Crippen molar-refractivity contribution in [3.8, 4) is 0 Å². The van der Waals surface area contributed by atoms with E-state index in [2.05, 4.69) is 15.4 Å². The van der Waals surface area contributed by atoms with Gasteiger partial charge in [0.1, 0.15) is 28.7 Å². The number of carbonyl (C=O) groups is 1. The molecule has 0 aromatic heterocycles. The second kappa shape index (κ2) is 13.3. The zero-order valence-electron chi connectivity index (χ0n) is 19.5. The van der Waals surface area contributed by atoms with Crippen LogP contribution in [-0.2, 0) is 15.7 Å². The highest BCUT2D eigenvalue weighted by molar-refractivity contribution is 7.86. The van der Waals surface area contributed by atoms with E-state index in [1.165, 1.54) is 12.1 Å². The summed E-state index contributed by atoms with van der Waals surface area (Å²) in [6, 6.07) is 11.4. The molecule has 3 unspecified atom stereocenters. The standard InChI is InChI=1S/C17H27N3O3S.C7H6F2/c1-12(2)13(3)23-17(21)19-10-6-9-18-16-11-24(22)20-15-8-5-4-7-14(15)16;1-5-2-6(8)4-7(9)3-5/h4-5,7-8,12-13,16,18,20H,6,9-11H2,1-3H3,(H,19,21);2-4H,1H3.